The van der Waals surface area contributed by atoms with E-state index in [1.54, 1.807) is 19.2 Å². The molecule has 5 amide bonds. The molecule has 3 saturated heterocycles. The Balaban J connectivity index is 0.707. The SMILES string of the molecule is COc1cc2nn(C3CCC(CN4CCC5(CC4)CC(CCNc4cccc6c4C(=O)N(C4CCC(=O)NC4=O)C6=O)C5)CC3)cc2cc1NC(=O)[C@@H]1CCCCO1. The lowest BCUT2D eigenvalue weighted by Gasteiger charge is -2.53. The van der Waals surface area contributed by atoms with Crippen molar-refractivity contribution in [2.75, 3.05) is 50.5 Å². The van der Waals surface area contributed by atoms with Gasteiger partial charge in [0.05, 0.1) is 35.5 Å². The number of benzene rings is 2. The molecule has 14 nitrogen and oxygen atoms in total. The normalized spacial score (nSPS) is 26.4. The lowest BCUT2D eigenvalue weighted by molar-refractivity contribution is -0.136. The number of imide groups is 2. The lowest BCUT2D eigenvalue weighted by Crippen LogP contribution is -2.54. The quantitative estimate of drug-likeness (QED) is 0.206. The van der Waals surface area contributed by atoms with Gasteiger partial charge in [0, 0.05) is 49.5 Å². The molecule has 1 aromatic heterocycles. The maximum atomic E-state index is 13.4. The first-order valence-electron chi connectivity index (χ1n) is 21.5. The van der Waals surface area contributed by atoms with E-state index in [0.717, 1.165) is 54.3 Å². The van der Waals surface area contributed by atoms with Crippen LogP contribution >= 0.6 is 0 Å². The van der Waals surface area contributed by atoms with Crippen molar-refractivity contribution in [1.29, 1.82) is 0 Å². The van der Waals surface area contributed by atoms with Crippen LogP contribution in [0.4, 0.5) is 11.4 Å². The van der Waals surface area contributed by atoms with E-state index in [0.29, 0.717) is 64.7 Å². The van der Waals surface area contributed by atoms with Crippen molar-refractivity contribution in [1.82, 2.24) is 24.9 Å². The zero-order valence-electron chi connectivity index (χ0n) is 33.4. The molecule has 2 aromatic carbocycles. The van der Waals surface area contributed by atoms with Crippen molar-refractivity contribution in [2.24, 2.45) is 17.3 Å². The maximum Gasteiger partial charge on any atom is 0.264 e. The lowest BCUT2D eigenvalue weighted by atomic mass is 9.57. The molecular weight excluding hydrogens is 739 g/mol. The van der Waals surface area contributed by atoms with E-state index in [1.807, 2.05) is 18.2 Å². The third-order valence-corrected chi connectivity index (χ3v) is 14.0. The Labute approximate surface area is 338 Å². The number of ether oxygens (including phenoxy) is 2. The molecule has 5 heterocycles. The van der Waals surface area contributed by atoms with E-state index in [2.05, 4.69) is 31.7 Å². The summed E-state index contributed by atoms with van der Waals surface area (Å²) in [4.78, 5) is 67.4. The van der Waals surface area contributed by atoms with E-state index < -0.39 is 29.9 Å². The van der Waals surface area contributed by atoms with E-state index >= 15 is 0 Å². The molecular formula is C44H55N7O7. The molecule has 2 saturated carbocycles. The van der Waals surface area contributed by atoms with Crippen LogP contribution < -0.4 is 20.7 Å². The van der Waals surface area contributed by atoms with Gasteiger partial charge in [-0.1, -0.05) is 6.07 Å². The molecule has 5 fully saturated rings. The van der Waals surface area contributed by atoms with E-state index in [4.69, 9.17) is 14.6 Å². The average molecular weight is 794 g/mol. The summed E-state index contributed by atoms with van der Waals surface area (Å²) in [6, 6.07) is 8.52. The maximum absolute atomic E-state index is 13.4. The first-order chi connectivity index (χ1) is 28.2. The van der Waals surface area contributed by atoms with Crippen LogP contribution in [0.1, 0.15) is 117 Å². The predicted molar refractivity (Wildman–Crippen MR) is 217 cm³/mol. The number of hydrogen-bond donors (Lipinski definition) is 3. The first kappa shape index (κ1) is 38.7. The number of nitrogens with one attached hydrogen (secondary N) is 3. The number of fused-ring (bicyclic) bond motifs is 2. The van der Waals surface area contributed by atoms with Gasteiger partial charge in [0.1, 0.15) is 17.9 Å². The van der Waals surface area contributed by atoms with Gasteiger partial charge >= 0.3 is 0 Å². The second-order valence-electron chi connectivity index (χ2n) is 17.7. The Morgan fingerprint density at radius 3 is 2.52 bits per heavy atom. The number of hydrogen-bond acceptors (Lipinski definition) is 10. The van der Waals surface area contributed by atoms with Gasteiger partial charge in [-0.05, 0) is 132 Å². The summed E-state index contributed by atoms with van der Waals surface area (Å²) in [5, 5.41) is 14.7. The van der Waals surface area contributed by atoms with Crippen LogP contribution in [0.5, 0.6) is 5.75 Å². The summed E-state index contributed by atoms with van der Waals surface area (Å²) >= 11 is 0. The van der Waals surface area contributed by atoms with Crippen LogP contribution in [0.2, 0.25) is 0 Å². The zero-order chi connectivity index (χ0) is 40.0. The fraction of sp³-hybridized carbons (Fsp3) is 0.591. The minimum absolute atomic E-state index is 0.101. The Morgan fingerprint density at radius 2 is 1.78 bits per heavy atom. The molecule has 14 heteroatoms. The van der Waals surface area contributed by atoms with Crippen molar-refractivity contribution in [2.45, 2.75) is 108 Å². The molecule has 58 heavy (non-hydrogen) atoms. The molecule has 2 aliphatic carbocycles. The van der Waals surface area contributed by atoms with E-state index in [-0.39, 0.29) is 24.7 Å². The minimum atomic E-state index is -0.967. The van der Waals surface area contributed by atoms with Gasteiger partial charge in [-0.2, -0.15) is 5.10 Å². The number of nitrogens with zero attached hydrogens (tertiary/aromatic N) is 4. The Morgan fingerprint density at radius 1 is 0.966 bits per heavy atom. The van der Waals surface area contributed by atoms with Gasteiger partial charge in [-0.3, -0.25) is 38.9 Å². The summed E-state index contributed by atoms with van der Waals surface area (Å²) in [6.45, 7) is 4.84. The summed E-state index contributed by atoms with van der Waals surface area (Å²) < 4.78 is 13.5. The van der Waals surface area contributed by atoms with Crippen molar-refractivity contribution < 1.29 is 33.4 Å². The number of rotatable bonds is 11. The fourth-order valence-electron chi connectivity index (χ4n) is 10.7. The molecule has 1 spiro atoms. The highest BCUT2D eigenvalue weighted by molar-refractivity contribution is 6.25. The second kappa shape index (κ2) is 16.1. The van der Waals surface area contributed by atoms with Gasteiger partial charge in [-0.15, -0.1) is 0 Å². The highest BCUT2D eigenvalue weighted by Gasteiger charge is 2.47. The molecule has 308 valence electrons. The van der Waals surface area contributed by atoms with Crippen molar-refractivity contribution in [3.8, 4) is 5.75 Å². The fourth-order valence-corrected chi connectivity index (χ4v) is 10.7. The largest absolute Gasteiger partial charge is 0.494 e. The molecule has 6 aliphatic rings. The third kappa shape index (κ3) is 7.60. The molecule has 3 aromatic rings. The number of piperidine rings is 2. The van der Waals surface area contributed by atoms with Crippen LogP contribution in [-0.2, 0) is 19.1 Å². The number of amides is 5. The smallest absolute Gasteiger partial charge is 0.264 e. The summed E-state index contributed by atoms with van der Waals surface area (Å²) in [6.07, 6.45) is 15.3. The van der Waals surface area contributed by atoms with Crippen LogP contribution in [0.15, 0.2) is 36.5 Å². The molecule has 3 N–H and O–H groups in total. The number of carbonyl (C=O) groups is 5. The highest BCUT2D eigenvalue weighted by atomic mass is 16.5. The van der Waals surface area contributed by atoms with Crippen LogP contribution in [0.3, 0.4) is 0 Å². The van der Waals surface area contributed by atoms with E-state index in [1.165, 1.54) is 58.2 Å². The third-order valence-electron chi connectivity index (χ3n) is 14.0. The minimum Gasteiger partial charge on any atom is -0.494 e. The van der Waals surface area contributed by atoms with Crippen molar-refractivity contribution in [3.63, 3.8) is 0 Å². The number of carbonyl (C=O) groups excluding carboxylic acids is 5. The topological polar surface area (TPSA) is 164 Å². The predicted octanol–water partition coefficient (Wildman–Crippen LogP) is 5.68. The average Bonchev–Trinajstić information content (AvgIpc) is 3.75. The first-order valence-corrected chi connectivity index (χ1v) is 21.5. The number of likely N-dealkylation sites (tertiary alicyclic amines) is 1. The number of anilines is 2. The van der Waals surface area contributed by atoms with E-state index in [9.17, 15) is 24.0 Å². The highest BCUT2D eigenvalue weighted by Crippen LogP contribution is 2.54. The molecule has 0 radical (unpaired) electrons. The second-order valence-corrected chi connectivity index (χ2v) is 17.7. The Kier molecular flexibility index (Phi) is 10.7. The summed E-state index contributed by atoms with van der Waals surface area (Å²) in [5.41, 5.74) is 3.23. The molecule has 1 unspecified atom stereocenters. The number of aromatic nitrogens is 2. The molecule has 0 bridgehead atoms. The molecule has 4 aliphatic heterocycles. The number of methoxy groups -OCH3 is 1. The van der Waals surface area contributed by atoms with Gasteiger partial charge in [0.15, 0.2) is 0 Å². The van der Waals surface area contributed by atoms with Gasteiger partial charge in [0.2, 0.25) is 11.8 Å². The zero-order valence-corrected chi connectivity index (χ0v) is 33.4. The van der Waals surface area contributed by atoms with Gasteiger partial charge in [0.25, 0.3) is 17.7 Å². The van der Waals surface area contributed by atoms with Crippen LogP contribution in [-0.4, -0.2) is 101 Å². The molecule has 2 atom stereocenters. The van der Waals surface area contributed by atoms with Crippen LogP contribution in [0, 0.1) is 17.3 Å². The standard InChI is InChI=1S/C44H55N7O7/c1-57-37-22-33-29(21-34(37)46-41(54)36-7-2-3-20-58-36)26-50(48-33)30-10-8-27(9-11-30)25-49-18-15-44(16-19-49)23-28(24-44)14-17-45-32-6-4-5-31-39(32)43(56)51(42(31)55)35-12-13-38(52)47-40(35)53/h4-6,21-22,26-28,30,35-36,45H,2-3,7-20,23-25H2,1H3,(H,46,54)(H,47,52,53)/t27?,30?,35?,36-/m0/s1. The monoisotopic (exact) mass is 793 g/mol. The van der Waals surface area contributed by atoms with Crippen molar-refractivity contribution >= 4 is 51.8 Å². The summed E-state index contributed by atoms with van der Waals surface area (Å²) in [5.74, 6) is -0.0986. The Bertz CT molecular complexity index is 2090. The van der Waals surface area contributed by atoms with Gasteiger partial charge < -0.3 is 25.0 Å². The van der Waals surface area contributed by atoms with Crippen LogP contribution in [0.25, 0.3) is 10.9 Å². The Hall–Kier alpha value is -4.82. The van der Waals surface area contributed by atoms with Crippen molar-refractivity contribution in [3.05, 3.63) is 47.7 Å². The molecule has 9 rings (SSSR count). The summed E-state index contributed by atoms with van der Waals surface area (Å²) in [7, 11) is 1.62. The van der Waals surface area contributed by atoms with Gasteiger partial charge in [-0.25, -0.2) is 0 Å².